The summed E-state index contributed by atoms with van der Waals surface area (Å²) in [6.07, 6.45) is 0. The monoisotopic (exact) mass is 358 g/mol. The fourth-order valence-electron chi connectivity index (χ4n) is 2.69. The van der Waals surface area contributed by atoms with Gasteiger partial charge in [0.2, 0.25) is 6.79 Å². The highest BCUT2D eigenvalue weighted by molar-refractivity contribution is 5.74. The Morgan fingerprint density at radius 2 is 1.81 bits per heavy atom. The van der Waals surface area contributed by atoms with Gasteiger partial charge in [-0.1, -0.05) is 12.1 Å². The van der Waals surface area contributed by atoms with E-state index in [-0.39, 0.29) is 12.5 Å². The number of fused-ring (bicyclic) bond motifs is 1. The van der Waals surface area contributed by atoms with Gasteiger partial charge in [0, 0.05) is 18.6 Å². The van der Waals surface area contributed by atoms with Crippen molar-refractivity contribution in [2.75, 3.05) is 13.9 Å². The van der Waals surface area contributed by atoms with Gasteiger partial charge in [0.05, 0.1) is 13.2 Å². The van der Waals surface area contributed by atoms with Gasteiger partial charge in [-0.25, -0.2) is 4.79 Å². The Balaban J connectivity index is 2.09. The summed E-state index contributed by atoms with van der Waals surface area (Å²) in [5.41, 5.74) is 6.58. The highest BCUT2D eigenvalue weighted by atomic mass is 16.7. The number of carbonyl (C=O) groups is 2. The molecule has 1 heterocycles. The summed E-state index contributed by atoms with van der Waals surface area (Å²) in [5.74, 6) is 1.35. The Bertz CT molecular complexity index is 834. The second-order valence-electron chi connectivity index (χ2n) is 5.55. The van der Waals surface area contributed by atoms with Crippen LogP contribution in [0.5, 0.6) is 23.0 Å². The first kappa shape index (κ1) is 17.4. The molecule has 8 nitrogen and oxygen atoms in total. The molecule has 8 heteroatoms. The van der Waals surface area contributed by atoms with Gasteiger partial charge >= 0.3 is 12.0 Å². The zero-order chi connectivity index (χ0) is 18.7. The van der Waals surface area contributed by atoms with Crippen LogP contribution in [0, 0.1) is 0 Å². The molecule has 0 radical (unpaired) electrons. The molecule has 136 valence electrons. The topological polar surface area (TPSA) is 109 Å². The normalized spacial score (nSPS) is 13.0. The zero-order valence-corrected chi connectivity index (χ0v) is 14.3. The summed E-state index contributed by atoms with van der Waals surface area (Å²) < 4.78 is 21.2. The van der Waals surface area contributed by atoms with Crippen molar-refractivity contribution in [3.8, 4) is 23.0 Å². The van der Waals surface area contributed by atoms with Crippen molar-refractivity contribution in [3.05, 3.63) is 47.5 Å². The van der Waals surface area contributed by atoms with E-state index in [1.54, 1.807) is 43.5 Å². The molecule has 0 saturated carbocycles. The van der Waals surface area contributed by atoms with Crippen molar-refractivity contribution >= 4 is 12.0 Å². The zero-order valence-electron chi connectivity index (χ0n) is 14.3. The van der Waals surface area contributed by atoms with Crippen molar-refractivity contribution in [1.29, 1.82) is 0 Å². The maximum Gasteiger partial charge on any atom is 0.312 e. The summed E-state index contributed by atoms with van der Waals surface area (Å²) in [4.78, 5) is 23.1. The smallest absolute Gasteiger partial charge is 0.312 e. The van der Waals surface area contributed by atoms with Crippen molar-refractivity contribution in [2.45, 2.75) is 13.0 Å². The number of nitrogens with two attached hydrogens (primary N) is 1. The number of primary amides is 1. The highest BCUT2D eigenvalue weighted by Crippen LogP contribution is 2.42. The minimum Gasteiger partial charge on any atom is -0.497 e. The molecule has 2 aromatic carbocycles. The lowest BCUT2D eigenvalue weighted by molar-refractivity contribution is -0.131. The van der Waals surface area contributed by atoms with Gasteiger partial charge in [-0.2, -0.15) is 0 Å². The number of urea groups is 1. The highest BCUT2D eigenvalue weighted by Gasteiger charge is 2.26. The summed E-state index contributed by atoms with van der Waals surface area (Å²) in [6, 6.07) is 8.89. The number of rotatable bonds is 5. The fraction of sp³-hybridized carbons (Fsp3) is 0.222. The van der Waals surface area contributed by atoms with Crippen LogP contribution in [0.2, 0.25) is 0 Å². The molecule has 1 aliphatic heterocycles. The fourth-order valence-corrected chi connectivity index (χ4v) is 2.69. The van der Waals surface area contributed by atoms with Gasteiger partial charge in [0.15, 0.2) is 11.5 Å². The lowest BCUT2D eigenvalue weighted by Gasteiger charge is -2.21. The van der Waals surface area contributed by atoms with Crippen LogP contribution in [-0.4, -0.2) is 25.9 Å². The third kappa shape index (κ3) is 3.64. The molecule has 2 aromatic rings. The van der Waals surface area contributed by atoms with Gasteiger partial charge in [0.1, 0.15) is 11.5 Å². The van der Waals surface area contributed by atoms with E-state index in [4.69, 9.17) is 24.7 Å². The van der Waals surface area contributed by atoms with Gasteiger partial charge in [-0.15, -0.1) is 0 Å². The molecular weight excluding hydrogens is 340 g/mol. The van der Waals surface area contributed by atoms with Crippen LogP contribution in [0.25, 0.3) is 0 Å². The molecule has 2 amide bonds. The molecular formula is C18H18N2O6. The van der Waals surface area contributed by atoms with Crippen LogP contribution >= 0.6 is 0 Å². The van der Waals surface area contributed by atoms with Crippen molar-refractivity contribution in [1.82, 2.24) is 5.32 Å². The average molecular weight is 358 g/mol. The molecule has 26 heavy (non-hydrogen) atoms. The average Bonchev–Trinajstić information content (AvgIpc) is 3.06. The Morgan fingerprint density at radius 1 is 1.15 bits per heavy atom. The van der Waals surface area contributed by atoms with Gasteiger partial charge in [-0.3, -0.25) is 4.79 Å². The van der Waals surface area contributed by atoms with Crippen LogP contribution in [0.15, 0.2) is 36.4 Å². The Hall–Kier alpha value is -3.42. The summed E-state index contributed by atoms with van der Waals surface area (Å²) in [5, 5.41) is 2.67. The van der Waals surface area contributed by atoms with Crippen LogP contribution in [0.1, 0.15) is 24.1 Å². The largest absolute Gasteiger partial charge is 0.497 e. The molecule has 0 fully saturated rings. The first-order valence-corrected chi connectivity index (χ1v) is 7.80. The van der Waals surface area contributed by atoms with Crippen molar-refractivity contribution in [2.24, 2.45) is 5.73 Å². The first-order valence-electron chi connectivity index (χ1n) is 7.80. The molecule has 0 aliphatic carbocycles. The van der Waals surface area contributed by atoms with Crippen LogP contribution in [-0.2, 0) is 4.79 Å². The Labute approximate surface area is 149 Å². The van der Waals surface area contributed by atoms with Gasteiger partial charge in [-0.05, 0) is 23.8 Å². The van der Waals surface area contributed by atoms with Crippen LogP contribution < -0.4 is 30.0 Å². The second kappa shape index (κ2) is 7.22. The molecule has 0 bridgehead atoms. The predicted molar refractivity (Wildman–Crippen MR) is 91.4 cm³/mol. The Morgan fingerprint density at radius 3 is 2.38 bits per heavy atom. The van der Waals surface area contributed by atoms with Crippen LogP contribution in [0.4, 0.5) is 4.79 Å². The number of esters is 1. The Kier molecular flexibility index (Phi) is 4.83. The molecule has 0 saturated heterocycles. The van der Waals surface area contributed by atoms with Gasteiger partial charge in [0.25, 0.3) is 0 Å². The van der Waals surface area contributed by atoms with E-state index in [0.29, 0.717) is 22.8 Å². The number of nitrogens with one attached hydrogen (secondary N) is 1. The lowest BCUT2D eigenvalue weighted by atomic mass is 9.97. The number of hydrogen-bond acceptors (Lipinski definition) is 6. The molecule has 1 aliphatic rings. The number of amides is 2. The molecule has 0 spiro atoms. The van der Waals surface area contributed by atoms with E-state index < -0.39 is 18.0 Å². The quantitative estimate of drug-likeness (QED) is 0.626. The third-order valence-electron chi connectivity index (χ3n) is 3.81. The number of methoxy groups -OCH3 is 1. The standard InChI is InChI=1S/C18H18N2O6/c1-10(21)26-14-8-16-15(24-9-25-16)7-13(14)17(20-18(19)22)11-3-5-12(23-2)6-4-11/h3-8,17H,9H2,1-2H3,(H3,19,20,22)/t17-/m1/s1. The van der Waals surface area contributed by atoms with Crippen LogP contribution in [0.3, 0.4) is 0 Å². The maximum atomic E-state index is 11.6. The molecule has 3 rings (SSSR count). The van der Waals surface area contributed by atoms with E-state index in [0.717, 1.165) is 5.56 Å². The third-order valence-corrected chi connectivity index (χ3v) is 3.81. The second-order valence-corrected chi connectivity index (χ2v) is 5.55. The van der Waals surface area contributed by atoms with Crippen molar-refractivity contribution in [3.63, 3.8) is 0 Å². The molecule has 0 unspecified atom stereocenters. The van der Waals surface area contributed by atoms with E-state index in [2.05, 4.69) is 5.32 Å². The minimum absolute atomic E-state index is 0.0642. The van der Waals surface area contributed by atoms with E-state index >= 15 is 0 Å². The van der Waals surface area contributed by atoms with Gasteiger partial charge < -0.3 is 30.0 Å². The van der Waals surface area contributed by atoms with E-state index in [1.165, 1.54) is 6.92 Å². The molecule has 3 N–H and O–H groups in total. The van der Waals surface area contributed by atoms with E-state index in [9.17, 15) is 9.59 Å². The lowest BCUT2D eigenvalue weighted by Crippen LogP contribution is -2.34. The maximum absolute atomic E-state index is 11.6. The number of carbonyl (C=O) groups excluding carboxylic acids is 2. The minimum atomic E-state index is -0.725. The van der Waals surface area contributed by atoms with E-state index in [1.807, 2.05) is 0 Å². The first-order chi connectivity index (χ1) is 12.5. The summed E-state index contributed by atoms with van der Waals surface area (Å²) in [7, 11) is 1.56. The van der Waals surface area contributed by atoms with Crippen molar-refractivity contribution < 1.29 is 28.5 Å². The SMILES string of the molecule is COc1ccc([C@@H](NC(N)=O)c2cc3c(cc2OC(C)=O)OCO3)cc1. The number of hydrogen-bond donors (Lipinski definition) is 2. The summed E-state index contributed by atoms with van der Waals surface area (Å²) in [6.45, 7) is 1.35. The number of ether oxygens (including phenoxy) is 4. The molecule has 0 aromatic heterocycles. The predicted octanol–water partition coefficient (Wildman–Crippen LogP) is 2.11. The molecule has 1 atom stereocenters. The summed E-state index contributed by atoms with van der Waals surface area (Å²) >= 11 is 0. The number of benzene rings is 2.